The predicted octanol–water partition coefficient (Wildman–Crippen LogP) is 4.32. The van der Waals surface area contributed by atoms with Crippen LogP contribution < -0.4 is 0 Å². The Balaban J connectivity index is 2.23. The third kappa shape index (κ3) is 2.72. The van der Waals surface area contributed by atoms with Gasteiger partial charge in [0.25, 0.3) is 0 Å². The van der Waals surface area contributed by atoms with E-state index in [2.05, 4.69) is 0 Å². The van der Waals surface area contributed by atoms with Crippen LogP contribution in [0.3, 0.4) is 0 Å². The van der Waals surface area contributed by atoms with E-state index in [9.17, 15) is 4.79 Å². The second-order valence-corrected chi connectivity index (χ2v) is 6.14. The van der Waals surface area contributed by atoms with Crippen molar-refractivity contribution in [3.05, 3.63) is 21.3 Å². The summed E-state index contributed by atoms with van der Waals surface area (Å²) in [5, 5.41) is 0. The van der Waals surface area contributed by atoms with Gasteiger partial charge in [-0.05, 0) is 31.9 Å². The highest BCUT2D eigenvalue weighted by Crippen LogP contribution is 2.36. The van der Waals surface area contributed by atoms with Crippen LogP contribution in [0.15, 0.2) is 12.1 Å². The molecule has 4 heteroatoms. The SMILES string of the molecule is CCOC1(C(=O)c2ccc(Cl)s2)CCCCC1. The summed E-state index contributed by atoms with van der Waals surface area (Å²) in [5.74, 6) is 0.121. The van der Waals surface area contributed by atoms with Gasteiger partial charge in [0.2, 0.25) is 5.78 Å². The summed E-state index contributed by atoms with van der Waals surface area (Å²) < 4.78 is 6.47. The van der Waals surface area contributed by atoms with Crippen LogP contribution in [0.4, 0.5) is 0 Å². The molecule has 0 spiro atoms. The molecule has 1 aliphatic rings. The molecule has 0 N–H and O–H groups in total. The lowest BCUT2D eigenvalue weighted by molar-refractivity contribution is -0.0408. The molecule has 1 heterocycles. The summed E-state index contributed by atoms with van der Waals surface area (Å²) in [6.07, 6.45) is 5.04. The Kier molecular flexibility index (Phi) is 4.23. The molecular formula is C13H17ClO2S. The number of halogens is 1. The Morgan fingerprint density at radius 1 is 1.41 bits per heavy atom. The second-order valence-electron chi connectivity index (χ2n) is 4.42. The summed E-state index contributed by atoms with van der Waals surface area (Å²) in [4.78, 5) is 13.3. The number of carbonyl (C=O) groups is 1. The van der Waals surface area contributed by atoms with E-state index in [0.29, 0.717) is 10.9 Å². The van der Waals surface area contributed by atoms with Crippen molar-refractivity contribution in [1.29, 1.82) is 0 Å². The summed E-state index contributed by atoms with van der Waals surface area (Å²) in [6.45, 7) is 2.54. The second kappa shape index (κ2) is 5.51. The third-order valence-corrected chi connectivity index (χ3v) is 4.52. The molecule has 0 amide bonds. The first kappa shape index (κ1) is 13.1. The van der Waals surface area contributed by atoms with Crippen LogP contribution >= 0.6 is 22.9 Å². The lowest BCUT2D eigenvalue weighted by Gasteiger charge is -2.35. The highest BCUT2D eigenvalue weighted by molar-refractivity contribution is 7.18. The highest BCUT2D eigenvalue weighted by atomic mass is 35.5. The molecule has 2 rings (SSSR count). The van der Waals surface area contributed by atoms with E-state index in [1.165, 1.54) is 17.8 Å². The molecule has 1 fully saturated rings. The van der Waals surface area contributed by atoms with Crippen molar-refractivity contribution in [3.8, 4) is 0 Å². The maximum Gasteiger partial charge on any atom is 0.204 e. The van der Waals surface area contributed by atoms with E-state index in [4.69, 9.17) is 16.3 Å². The number of thiophene rings is 1. The first-order valence-corrected chi connectivity index (χ1v) is 7.31. The zero-order valence-electron chi connectivity index (χ0n) is 10.0. The van der Waals surface area contributed by atoms with E-state index < -0.39 is 5.60 Å². The molecule has 0 aliphatic heterocycles. The summed E-state index contributed by atoms with van der Waals surface area (Å²) in [7, 11) is 0. The smallest absolute Gasteiger partial charge is 0.204 e. The zero-order valence-corrected chi connectivity index (χ0v) is 11.6. The van der Waals surface area contributed by atoms with Crippen molar-refractivity contribution >= 4 is 28.7 Å². The maximum absolute atomic E-state index is 12.6. The lowest BCUT2D eigenvalue weighted by Crippen LogP contribution is -2.43. The molecule has 1 aliphatic carbocycles. The topological polar surface area (TPSA) is 26.3 Å². The van der Waals surface area contributed by atoms with Gasteiger partial charge in [-0.1, -0.05) is 30.9 Å². The number of carbonyl (C=O) groups excluding carboxylic acids is 1. The van der Waals surface area contributed by atoms with E-state index in [-0.39, 0.29) is 5.78 Å². The molecule has 0 aromatic carbocycles. The molecule has 94 valence electrons. The molecule has 0 atom stereocenters. The van der Waals surface area contributed by atoms with Gasteiger partial charge >= 0.3 is 0 Å². The Hall–Kier alpha value is -0.380. The standard InChI is InChI=1S/C13H17ClO2S/c1-2-16-13(8-4-3-5-9-13)12(15)10-6-7-11(14)17-10/h6-7H,2-5,8-9H2,1H3. The normalized spacial score (nSPS) is 19.2. The van der Waals surface area contributed by atoms with E-state index in [0.717, 1.165) is 30.6 Å². The molecule has 1 aromatic heterocycles. The Morgan fingerprint density at radius 2 is 2.12 bits per heavy atom. The molecule has 0 bridgehead atoms. The molecule has 0 unspecified atom stereocenters. The molecular weight excluding hydrogens is 256 g/mol. The van der Waals surface area contributed by atoms with Crippen molar-refractivity contribution < 1.29 is 9.53 Å². The van der Waals surface area contributed by atoms with Crippen molar-refractivity contribution in [3.63, 3.8) is 0 Å². The van der Waals surface area contributed by atoms with Crippen LogP contribution in [-0.4, -0.2) is 18.0 Å². The van der Waals surface area contributed by atoms with Gasteiger partial charge < -0.3 is 4.74 Å². The van der Waals surface area contributed by atoms with Gasteiger partial charge in [0, 0.05) is 6.61 Å². The number of Topliss-reactive ketones (excluding diaryl/α,β-unsaturated/α-hetero) is 1. The van der Waals surface area contributed by atoms with Gasteiger partial charge in [0.15, 0.2) is 0 Å². The highest BCUT2D eigenvalue weighted by Gasteiger charge is 2.41. The summed E-state index contributed by atoms with van der Waals surface area (Å²) in [6, 6.07) is 3.59. The van der Waals surface area contributed by atoms with Gasteiger partial charge in [0.1, 0.15) is 5.60 Å². The third-order valence-electron chi connectivity index (χ3n) is 3.29. The predicted molar refractivity (Wildman–Crippen MR) is 71.1 cm³/mol. The fourth-order valence-electron chi connectivity index (χ4n) is 2.50. The average molecular weight is 273 g/mol. The molecule has 1 aromatic rings. The molecule has 2 nitrogen and oxygen atoms in total. The minimum Gasteiger partial charge on any atom is -0.367 e. The first-order valence-electron chi connectivity index (χ1n) is 6.12. The molecule has 17 heavy (non-hydrogen) atoms. The fourth-order valence-corrected chi connectivity index (χ4v) is 3.57. The molecule has 1 saturated carbocycles. The first-order chi connectivity index (χ1) is 8.18. The van der Waals surface area contributed by atoms with Gasteiger partial charge in [0.05, 0.1) is 9.21 Å². The Bertz CT molecular complexity index is 388. The number of hydrogen-bond acceptors (Lipinski definition) is 3. The number of hydrogen-bond donors (Lipinski definition) is 0. The van der Waals surface area contributed by atoms with E-state index >= 15 is 0 Å². The number of rotatable bonds is 4. The summed E-state index contributed by atoms with van der Waals surface area (Å²) in [5.41, 5.74) is -0.582. The van der Waals surface area contributed by atoms with Gasteiger partial charge in [-0.25, -0.2) is 0 Å². The van der Waals surface area contributed by atoms with Crippen molar-refractivity contribution in [2.45, 2.75) is 44.6 Å². The lowest BCUT2D eigenvalue weighted by atomic mass is 9.81. The van der Waals surface area contributed by atoms with Crippen LogP contribution in [0.25, 0.3) is 0 Å². The fraction of sp³-hybridized carbons (Fsp3) is 0.615. The van der Waals surface area contributed by atoms with Crippen molar-refractivity contribution in [2.75, 3.05) is 6.61 Å². The number of ketones is 1. The van der Waals surface area contributed by atoms with E-state index in [1.54, 1.807) is 6.07 Å². The van der Waals surface area contributed by atoms with Crippen LogP contribution in [0.2, 0.25) is 4.34 Å². The van der Waals surface area contributed by atoms with Crippen LogP contribution in [-0.2, 0) is 4.74 Å². The van der Waals surface area contributed by atoms with Crippen molar-refractivity contribution in [1.82, 2.24) is 0 Å². The van der Waals surface area contributed by atoms with Crippen molar-refractivity contribution in [2.24, 2.45) is 0 Å². The minimum atomic E-state index is -0.582. The maximum atomic E-state index is 12.6. The minimum absolute atomic E-state index is 0.121. The number of ether oxygens (including phenoxy) is 1. The Labute approximate surface area is 111 Å². The van der Waals surface area contributed by atoms with Crippen LogP contribution in [0.5, 0.6) is 0 Å². The van der Waals surface area contributed by atoms with Crippen LogP contribution in [0, 0.1) is 0 Å². The molecule has 0 saturated heterocycles. The van der Waals surface area contributed by atoms with Gasteiger partial charge in [-0.2, -0.15) is 0 Å². The zero-order chi connectivity index (χ0) is 12.3. The monoisotopic (exact) mass is 272 g/mol. The molecule has 0 radical (unpaired) electrons. The largest absolute Gasteiger partial charge is 0.367 e. The van der Waals surface area contributed by atoms with Crippen LogP contribution in [0.1, 0.15) is 48.7 Å². The van der Waals surface area contributed by atoms with Gasteiger partial charge in [-0.15, -0.1) is 11.3 Å². The van der Waals surface area contributed by atoms with E-state index in [1.807, 2.05) is 13.0 Å². The average Bonchev–Trinajstić information content (AvgIpc) is 2.76. The summed E-state index contributed by atoms with van der Waals surface area (Å²) >= 11 is 7.24. The van der Waals surface area contributed by atoms with Gasteiger partial charge in [-0.3, -0.25) is 4.79 Å². The Morgan fingerprint density at radius 3 is 2.65 bits per heavy atom. The quantitative estimate of drug-likeness (QED) is 0.763.